The molecule has 2 aromatic carbocycles. The molecule has 0 bridgehead atoms. The van der Waals surface area contributed by atoms with Crippen LogP contribution < -0.4 is 5.32 Å². The summed E-state index contributed by atoms with van der Waals surface area (Å²) in [6.07, 6.45) is 0. The Morgan fingerprint density at radius 3 is 2.76 bits per heavy atom. The minimum atomic E-state index is -0.456. The molecule has 0 saturated heterocycles. The summed E-state index contributed by atoms with van der Waals surface area (Å²) in [7, 11) is 1.65. The van der Waals surface area contributed by atoms with Crippen LogP contribution in [0.3, 0.4) is 0 Å². The number of hydrogen-bond acceptors (Lipinski definition) is 3. The second kappa shape index (κ2) is 7.21. The van der Waals surface area contributed by atoms with Crippen molar-refractivity contribution in [2.75, 3.05) is 12.4 Å². The predicted octanol–water partition coefficient (Wildman–Crippen LogP) is 4.22. The van der Waals surface area contributed by atoms with Crippen molar-refractivity contribution in [1.82, 2.24) is 0 Å². The van der Waals surface area contributed by atoms with Gasteiger partial charge in [-0.2, -0.15) is 5.26 Å². The Bertz CT molecular complexity index is 682. The number of nitrogens with zero attached hydrogens (tertiary/aromatic N) is 1. The van der Waals surface area contributed by atoms with Gasteiger partial charge in [0.15, 0.2) is 5.82 Å². The van der Waals surface area contributed by atoms with Crippen LogP contribution in [0.25, 0.3) is 0 Å². The summed E-state index contributed by atoms with van der Waals surface area (Å²) in [5, 5.41) is 11.9. The Balaban J connectivity index is 2.12. The molecule has 0 saturated carbocycles. The van der Waals surface area contributed by atoms with Crippen LogP contribution in [0, 0.1) is 17.1 Å². The molecule has 0 unspecified atom stereocenters. The molecule has 1 N–H and O–H groups in total. The van der Waals surface area contributed by atoms with Crippen LogP contribution >= 0.6 is 15.9 Å². The van der Waals surface area contributed by atoms with Crippen molar-refractivity contribution in [3.05, 3.63) is 63.4 Å². The third kappa shape index (κ3) is 3.81. The number of nitriles is 1. The van der Waals surface area contributed by atoms with Gasteiger partial charge in [0.2, 0.25) is 0 Å². The van der Waals surface area contributed by atoms with Crippen LogP contribution in [0.2, 0.25) is 0 Å². The van der Waals surface area contributed by atoms with E-state index in [1.165, 1.54) is 0 Å². The normalized spacial score (nSPS) is 10.2. The molecule has 0 fully saturated rings. The molecule has 0 aliphatic carbocycles. The monoisotopic (exact) mass is 348 g/mol. The summed E-state index contributed by atoms with van der Waals surface area (Å²) in [5.41, 5.74) is 2.74. The van der Waals surface area contributed by atoms with Crippen molar-refractivity contribution in [3.8, 4) is 6.07 Å². The Morgan fingerprint density at radius 2 is 2.05 bits per heavy atom. The Kier molecular flexibility index (Phi) is 5.32. The molecular formula is C16H14BrFN2O. The predicted molar refractivity (Wildman–Crippen MR) is 83.3 cm³/mol. The second-order valence-corrected chi connectivity index (χ2v) is 5.30. The smallest absolute Gasteiger partial charge is 0.161 e. The number of rotatable bonds is 5. The highest BCUT2D eigenvalue weighted by Gasteiger charge is 2.10. The molecule has 0 radical (unpaired) electrons. The van der Waals surface area contributed by atoms with Crippen LogP contribution in [-0.4, -0.2) is 7.11 Å². The number of hydrogen-bond donors (Lipinski definition) is 1. The fraction of sp³-hybridized carbons (Fsp3) is 0.188. The van der Waals surface area contributed by atoms with Crippen molar-refractivity contribution < 1.29 is 9.13 Å². The van der Waals surface area contributed by atoms with Gasteiger partial charge < -0.3 is 10.1 Å². The molecule has 5 heteroatoms. The summed E-state index contributed by atoms with van der Waals surface area (Å²) < 4.78 is 19.3. The van der Waals surface area contributed by atoms with Gasteiger partial charge in [-0.05, 0) is 39.2 Å². The van der Waals surface area contributed by atoms with Crippen LogP contribution in [0.15, 0.2) is 40.9 Å². The first-order chi connectivity index (χ1) is 10.2. The SMILES string of the molecule is COCc1cccc(CNc2ccc(C#N)c(Br)c2F)c1. The molecule has 3 nitrogen and oxygen atoms in total. The molecular weight excluding hydrogens is 335 g/mol. The van der Waals surface area contributed by atoms with E-state index in [2.05, 4.69) is 21.2 Å². The Labute approximate surface area is 131 Å². The van der Waals surface area contributed by atoms with Gasteiger partial charge in [0.25, 0.3) is 0 Å². The average molecular weight is 349 g/mol. The first-order valence-electron chi connectivity index (χ1n) is 6.34. The van der Waals surface area contributed by atoms with Crippen molar-refractivity contribution in [2.45, 2.75) is 13.2 Å². The van der Waals surface area contributed by atoms with Crippen molar-refractivity contribution in [1.29, 1.82) is 5.26 Å². The van der Waals surface area contributed by atoms with Gasteiger partial charge in [0.1, 0.15) is 6.07 Å². The number of methoxy groups -OCH3 is 1. The van der Waals surface area contributed by atoms with Crippen LogP contribution in [0.5, 0.6) is 0 Å². The Morgan fingerprint density at radius 1 is 1.29 bits per heavy atom. The molecule has 0 amide bonds. The molecule has 21 heavy (non-hydrogen) atoms. The lowest BCUT2D eigenvalue weighted by Crippen LogP contribution is -2.03. The van der Waals surface area contributed by atoms with Gasteiger partial charge in [0.05, 0.1) is 22.3 Å². The molecule has 0 heterocycles. The maximum absolute atomic E-state index is 14.1. The van der Waals surface area contributed by atoms with Gasteiger partial charge in [-0.1, -0.05) is 24.3 Å². The molecule has 108 valence electrons. The van der Waals surface area contributed by atoms with Gasteiger partial charge >= 0.3 is 0 Å². The summed E-state index contributed by atoms with van der Waals surface area (Å²) in [5.74, 6) is -0.456. The van der Waals surface area contributed by atoms with Crippen LogP contribution in [-0.2, 0) is 17.9 Å². The van der Waals surface area contributed by atoms with E-state index in [1.807, 2.05) is 30.3 Å². The highest BCUT2D eigenvalue weighted by Crippen LogP contribution is 2.26. The first-order valence-corrected chi connectivity index (χ1v) is 7.13. The van der Waals surface area contributed by atoms with E-state index < -0.39 is 5.82 Å². The lowest BCUT2D eigenvalue weighted by atomic mass is 10.1. The summed E-state index contributed by atoms with van der Waals surface area (Å²) in [4.78, 5) is 0. The highest BCUT2D eigenvalue weighted by atomic mass is 79.9. The Hall–Kier alpha value is -1.90. The number of anilines is 1. The summed E-state index contributed by atoms with van der Waals surface area (Å²) in [6.45, 7) is 1.04. The van der Waals surface area contributed by atoms with Crippen LogP contribution in [0.1, 0.15) is 16.7 Å². The van der Waals surface area contributed by atoms with E-state index in [9.17, 15) is 4.39 Å². The fourth-order valence-corrected chi connectivity index (χ4v) is 2.40. The fourth-order valence-electron chi connectivity index (χ4n) is 1.97. The van der Waals surface area contributed by atoms with Crippen molar-refractivity contribution in [3.63, 3.8) is 0 Å². The molecule has 0 aliphatic heterocycles. The van der Waals surface area contributed by atoms with E-state index in [0.29, 0.717) is 18.8 Å². The lowest BCUT2D eigenvalue weighted by Gasteiger charge is -2.10. The van der Waals surface area contributed by atoms with E-state index in [4.69, 9.17) is 10.00 Å². The van der Waals surface area contributed by atoms with Crippen molar-refractivity contribution >= 4 is 21.6 Å². The topological polar surface area (TPSA) is 45.0 Å². The third-order valence-electron chi connectivity index (χ3n) is 2.99. The number of nitrogens with one attached hydrogen (secondary N) is 1. The van der Waals surface area contributed by atoms with Gasteiger partial charge in [-0.3, -0.25) is 0 Å². The number of benzene rings is 2. The maximum Gasteiger partial charge on any atom is 0.161 e. The van der Waals surface area contributed by atoms with Crippen LogP contribution in [0.4, 0.5) is 10.1 Å². The van der Waals surface area contributed by atoms with E-state index >= 15 is 0 Å². The quantitative estimate of drug-likeness (QED) is 0.879. The van der Waals surface area contributed by atoms with Crippen molar-refractivity contribution in [2.24, 2.45) is 0 Å². The zero-order valence-corrected chi connectivity index (χ0v) is 13.1. The van der Waals surface area contributed by atoms with Gasteiger partial charge in [-0.15, -0.1) is 0 Å². The minimum Gasteiger partial charge on any atom is -0.380 e. The molecule has 0 atom stereocenters. The number of ether oxygens (including phenoxy) is 1. The number of halogens is 2. The third-order valence-corrected chi connectivity index (χ3v) is 3.76. The maximum atomic E-state index is 14.1. The minimum absolute atomic E-state index is 0.183. The van der Waals surface area contributed by atoms with Gasteiger partial charge in [0, 0.05) is 13.7 Å². The lowest BCUT2D eigenvalue weighted by molar-refractivity contribution is 0.185. The first kappa shape index (κ1) is 15.5. The molecule has 2 aromatic rings. The van der Waals surface area contributed by atoms with E-state index in [-0.39, 0.29) is 10.0 Å². The van der Waals surface area contributed by atoms with E-state index in [1.54, 1.807) is 19.2 Å². The summed E-state index contributed by atoms with van der Waals surface area (Å²) in [6, 6.07) is 13.0. The largest absolute Gasteiger partial charge is 0.380 e. The highest BCUT2D eigenvalue weighted by molar-refractivity contribution is 9.10. The summed E-state index contributed by atoms with van der Waals surface area (Å²) >= 11 is 3.10. The average Bonchev–Trinajstić information content (AvgIpc) is 2.50. The molecule has 0 aliphatic rings. The van der Waals surface area contributed by atoms with Gasteiger partial charge in [-0.25, -0.2) is 4.39 Å². The molecule has 2 rings (SSSR count). The standard InChI is InChI=1S/C16H14BrFN2O/c1-21-10-12-4-2-3-11(7-12)9-20-14-6-5-13(8-19)15(17)16(14)18/h2-7,20H,9-10H2,1H3. The zero-order valence-electron chi connectivity index (χ0n) is 11.5. The van der Waals surface area contributed by atoms with E-state index in [0.717, 1.165) is 11.1 Å². The molecule has 0 aromatic heterocycles. The molecule has 0 spiro atoms. The zero-order chi connectivity index (χ0) is 15.2. The second-order valence-electron chi connectivity index (χ2n) is 4.51.